The molecular formula is C19H24N4O5S. The molecule has 0 fully saturated rings. The molecule has 0 unspecified atom stereocenters. The number of aromatic nitrogens is 1. The number of rotatable bonds is 8. The Bertz CT molecular complexity index is 915. The first-order valence-electron chi connectivity index (χ1n) is 9.10. The minimum atomic E-state index is -0.720. The van der Waals surface area contributed by atoms with E-state index in [1.807, 2.05) is 26.0 Å². The van der Waals surface area contributed by atoms with E-state index in [-0.39, 0.29) is 11.4 Å². The number of nitrogens with zero attached hydrogens (tertiary/aromatic N) is 2. The summed E-state index contributed by atoms with van der Waals surface area (Å²) in [6, 6.07) is 6.99. The van der Waals surface area contributed by atoms with Gasteiger partial charge in [-0.1, -0.05) is 11.3 Å². The summed E-state index contributed by atoms with van der Waals surface area (Å²) in [7, 11) is 0. The maximum Gasteiger partial charge on any atom is 0.326 e. The largest absolute Gasteiger partial charge is 0.454 e. The minimum absolute atomic E-state index is 0.271. The van der Waals surface area contributed by atoms with Gasteiger partial charge in [-0.05, 0) is 45.0 Å². The summed E-state index contributed by atoms with van der Waals surface area (Å²) in [4.78, 5) is 49.1. The van der Waals surface area contributed by atoms with E-state index in [2.05, 4.69) is 15.8 Å². The average Bonchev–Trinajstić information content (AvgIpc) is 3.04. The fourth-order valence-corrected chi connectivity index (χ4v) is 3.30. The van der Waals surface area contributed by atoms with Crippen LogP contribution in [0.5, 0.6) is 0 Å². The Balaban J connectivity index is 1.77. The second kappa shape index (κ2) is 10.4. The fourth-order valence-electron chi connectivity index (χ4n) is 2.56. The van der Waals surface area contributed by atoms with Crippen LogP contribution in [0.15, 0.2) is 34.4 Å². The number of amides is 2. The molecular weight excluding hydrogens is 396 g/mol. The highest BCUT2D eigenvalue weighted by Crippen LogP contribution is 2.14. The molecule has 0 aliphatic heterocycles. The number of esters is 1. The van der Waals surface area contributed by atoms with Crippen LogP contribution in [0.1, 0.15) is 29.9 Å². The second-order valence-electron chi connectivity index (χ2n) is 6.11. The van der Waals surface area contributed by atoms with Gasteiger partial charge in [0.2, 0.25) is 0 Å². The normalized spacial score (nSPS) is 10.3. The summed E-state index contributed by atoms with van der Waals surface area (Å²) in [5.41, 5.74) is 6.47. The molecule has 0 saturated carbocycles. The predicted molar refractivity (Wildman–Crippen MR) is 110 cm³/mol. The van der Waals surface area contributed by atoms with E-state index in [0.717, 1.165) is 30.1 Å². The van der Waals surface area contributed by atoms with Gasteiger partial charge in [0, 0.05) is 35.4 Å². The van der Waals surface area contributed by atoms with E-state index in [0.29, 0.717) is 11.3 Å². The summed E-state index contributed by atoms with van der Waals surface area (Å²) in [5, 5.41) is 1.63. The van der Waals surface area contributed by atoms with Crippen molar-refractivity contribution in [2.24, 2.45) is 0 Å². The van der Waals surface area contributed by atoms with E-state index in [9.17, 15) is 19.2 Å². The summed E-state index contributed by atoms with van der Waals surface area (Å²) in [5.74, 6) is -1.90. The molecule has 10 heteroatoms. The van der Waals surface area contributed by atoms with Gasteiger partial charge in [0.05, 0.1) is 0 Å². The first-order chi connectivity index (χ1) is 13.8. The van der Waals surface area contributed by atoms with Crippen LogP contribution in [-0.2, 0) is 20.9 Å². The lowest BCUT2D eigenvalue weighted by molar-refractivity contribution is -0.149. The topological polar surface area (TPSA) is 110 Å². The molecule has 0 aliphatic rings. The number of hydrazine groups is 1. The standard InChI is InChI=1S/C19H24N4O5S/c1-4-22(5-2)15-8-6-14(7-9-15)18(26)21-20-16(24)11-28-17(25)10-23-13(3)12-29-19(23)27/h6-9,12H,4-5,10-11H2,1-3H3,(H,20,24)(H,21,26). The average molecular weight is 420 g/mol. The molecule has 0 spiro atoms. The van der Waals surface area contributed by atoms with Crippen molar-refractivity contribution in [2.45, 2.75) is 27.3 Å². The molecule has 2 N–H and O–H groups in total. The molecule has 29 heavy (non-hydrogen) atoms. The summed E-state index contributed by atoms with van der Waals surface area (Å²) in [6.45, 7) is 6.67. The summed E-state index contributed by atoms with van der Waals surface area (Å²) in [6.07, 6.45) is 0. The molecule has 0 aliphatic carbocycles. The van der Waals surface area contributed by atoms with Gasteiger partial charge in [0.25, 0.3) is 11.8 Å². The number of hydrogen-bond acceptors (Lipinski definition) is 7. The zero-order valence-electron chi connectivity index (χ0n) is 16.6. The molecule has 1 aromatic carbocycles. The Labute approximate surface area is 172 Å². The number of hydrogen-bond donors (Lipinski definition) is 2. The summed E-state index contributed by atoms with van der Waals surface area (Å²) < 4.78 is 6.09. The smallest absolute Gasteiger partial charge is 0.326 e. The molecule has 156 valence electrons. The lowest BCUT2D eigenvalue weighted by atomic mass is 10.2. The van der Waals surface area contributed by atoms with Gasteiger partial charge in [0.15, 0.2) is 6.61 Å². The number of anilines is 1. The molecule has 0 bridgehead atoms. The number of nitrogens with one attached hydrogen (secondary N) is 2. The van der Waals surface area contributed by atoms with Crippen LogP contribution < -0.4 is 20.6 Å². The third-order valence-corrected chi connectivity index (χ3v) is 5.08. The lowest BCUT2D eigenvalue weighted by Gasteiger charge is -2.21. The van der Waals surface area contributed by atoms with Gasteiger partial charge in [-0.25, -0.2) is 0 Å². The van der Waals surface area contributed by atoms with Crippen LogP contribution in [0.25, 0.3) is 0 Å². The quantitative estimate of drug-likeness (QED) is 0.488. The maximum absolute atomic E-state index is 12.1. The summed E-state index contributed by atoms with van der Waals surface area (Å²) >= 11 is 0.982. The Morgan fingerprint density at radius 1 is 1.10 bits per heavy atom. The van der Waals surface area contributed by atoms with E-state index in [4.69, 9.17) is 4.74 Å². The van der Waals surface area contributed by atoms with Gasteiger partial charge in [0.1, 0.15) is 6.54 Å². The van der Waals surface area contributed by atoms with Crippen molar-refractivity contribution in [3.8, 4) is 0 Å². The van der Waals surface area contributed by atoms with E-state index >= 15 is 0 Å². The lowest BCUT2D eigenvalue weighted by Crippen LogP contribution is -2.43. The van der Waals surface area contributed by atoms with Crippen molar-refractivity contribution in [2.75, 3.05) is 24.6 Å². The fraction of sp³-hybridized carbons (Fsp3) is 0.368. The molecule has 2 rings (SSSR count). The molecule has 0 saturated heterocycles. The first-order valence-corrected chi connectivity index (χ1v) is 9.98. The highest BCUT2D eigenvalue weighted by molar-refractivity contribution is 7.07. The molecule has 0 atom stereocenters. The third-order valence-electron chi connectivity index (χ3n) is 4.20. The monoisotopic (exact) mass is 420 g/mol. The van der Waals surface area contributed by atoms with Crippen molar-refractivity contribution in [1.82, 2.24) is 15.4 Å². The molecule has 2 aromatic rings. The molecule has 1 aromatic heterocycles. The van der Waals surface area contributed by atoms with Gasteiger partial charge in [-0.3, -0.25) is 34.6 Å². The first kappa shape index (κ1) is 22.2. The van der Waals surface area contributed by atoms with Crippen molar-refractivity contribution in [3.05, 3.63) is 50.6 Å². The maximum atomic E-state index is 12.1. The number of carbonyl (C=O) groups excluding carboxylic acids is 3. The number of carbonyl (C=O) groups is 3. The van der Waals surface area contributed by atoms with Crippen LogP contribution in [-0.4, -0.2) is 42.0 Å². The Morgan fingerprint density at radius 2 is 1.76 bits per heavy atom. The van der Waals surface area contributed by atoms with Gasteiger partial charge in [-0.15, -0.1) is 0 Å². The van der Waals surface area contributed by atoms with Gasteiger partial charge < -0.3 is 9.64 Å². The zero-order chi connectivity index (χ0) is 21.4. The number of thiazole rings is 1. The van der Waals surface area contributed by atoms with E-state index < -0.39 is 24.4 Å². The third kappa shape index (κ3) is 6.18. The highest BCUT2D eigenvalue weighted by Gasteiger charge is 2.13. The molecule has 1 heterocycles. The zero-order valence-corrected chi connectivity index (χ0v) is 17.4. The number of ether oxygens (including phenoxy) is 1. The Kier molecular flexibility index (Phi) is 7.96. The van der Waals surface area contributed by atoms with Crippen molar-refractivity contribution in [1.29, 1.82) is 0 Å². The Hall–Kier alpha value is -3.14. The number of aryl methyl sites for hydroxylation is 1. The highest BCUT2D eigenvalue weighted by atomic mass is 32.1. The minimum Gasteiger partial charge on any atom is -0.454 e. The van der Waals surface area contributed by atoms with Crippen LogP contribution in [0.4, 0.5) is 5.69 Å². The van der Waals surface area contributed by atoms with Crippen molar-refractivity contribution in [3.63, 3.8) is 0 Å². The molecule has 0 radical (unpaired) electrons. The van der Waals surface area contributed by atoms with Crippen molar-refractivity contribution >= 4 is 34.8 Å². The second-order valence-corrected chi connectivity index (χ2v) is 6.93. The van der Waals surface area contributed by atoms with E-state index in [1.165, 1.54) is 4.57 Å². The molecule has 9 nitrogen and oxygen atoms in total. The number of benzene rings is 1. The SMILES string of the molecule is CCN(CC)c1ccc(C(=O)NNC(=O)COC(=O)Cn2c(C)csc2=O)cc1. The van der Waals surface area contributed by atoms with Crippen LogP contribution in [0, 0.1) is 6.92 Å². The van der Waals surface area contributed by atoms with E-state index in [1.54, 1.807) is 24.4 Å². The van der Waals surface area contributed by atoms with Crippen LogP contribution in [0.2, 0.25) is 0 Å². The van der Waals surface area contributed by atoms with Gasteiger partial charge >= 0.3 is 10.8 Å². The van der Waals surface area contributed by atoms with Crippen molar-refractivity contribution < 1.29 is 19.1 Å². The van der Waals surface area contributed by atoms with Gasteiger partial charge in [-0.2, -0.15) is 0 Å². The Morgan fingerprint density at radius 3 is 2.31 bits per heavy atom. The van der Waals surface area contributed by atoms with Crippen LogP contribution in [0.3, 0.4) is 0 Å². The predicted octanol–water partition coefficient (Wildman–Crippen LogP) is 1.07. The van der Waals surface area contributed by atoms with Crippen LogP contribution >= 0.6 is 11.3 Å². The molecule has 2 amide bonds.